The lowest BCUT2D eigenvalue weighted by Gasteiger charge is -2.31. The zero-order chi connectivity index (χ0) is 10.6. The minimum absolute atomic E-state index is 0.162. The number of hydrogen-bond acceptors (Lipinski definition) is 4. The average Bonchev–Trinajstić information content (AvgIpc) is 2.48. The molecular formula is C9H19NO3Si. The van der Waals surface area contributed by atoms with E-state index in [9.17, 15) is 4.79 Å². The molecule has 1 fully saturated rings. The van der Waals surface area contributed by atoms with Gasteiger partial charge in [-0.15, -0.1) is 0 Å². The molecule has 0 aromatic heterocycles. The molecule has 0 aliphatic carbocycles. The largest absolute Gasteiger partial charge is 0.468 e. The first-order valence-corrected chi connectivity index (χ1v) is 7.64. The highest BCUT2D eigenvalue weighted by Crippen LogP contribution is 2.26. The van der Waals surface area contributed by atoms with Crippen molar-refractivity contribution in [2.45, 2.75) is 25.9 Å². The molecule has 0 bridgehead atoms. The second kappa shape index (κ2) is 4.91. The molecule has 1 heterocycles. The average molecular weight is 217 g/mol. The van der Waals surface area contributed by atoms with Gasteiger partial charge in [0, 0.05) is 6.61 Å². The van der Waals surface area contributed by atoms with Crippen LogP contribution in [-0.2, 0) is 14.0 Å². The van der Waals surface area contributed by atoms with Crippen LogP contribution in [0.5, 0.6) is 0 Å². The van der Waals surface area contributed by atoms with E-state index in [4.69, 9.17) is 4.43 Å². The van der Waals surface area contributed by atoms with Gasteiger partial charge in [0.15, 0.2) is 0 Å². The molecule has 0 amide bonds. The van der Waals surface area contributed by atoms with Crippen molar-refractivity contribution >= 4 is 14.4 Å². The molecule has 0 spiro atoms. The Morgan fingerprint density at radius 2 is 2.29 bits per heavy atom. The van der Waals surface area contributed by atoms with Crippen molar-refractivity contribution < 1.29 is 14.0 Å². The maximum absolute atomic E-state index is 11.2. The normalized spacial score (nSPS) is 27.9. The molecule has 1 saturated heterocycles. The van der Waals surface area contributed by atoms with E-state index in [-0.39, 0.29) is 5.97 Å². The third-order valence-corrected chi connectivity index (χ3v) is 6.65. The summed E-state index contributed by atoms with van der Waals surface area (Å²) in [5.41, 5.74) is 0. The second-order valence-corrected chi connectivity index (χ2v) is 7.48. The van der Waals surface area contributed by atoms with E-state index in [2.05, 4.69) is 15.8 Å². The van der Waals surface area contributed by atoms with Crippen molar-refractivity contribution in [1.29, 1.82) is 0 Å². The summed E-state index contributed by atoms with van der Waals surface area (Å²) in [6.07, 6.45) is 1.14. The fourth-order valence-corrected chi connectivity index (χ4v) is 5.11. The highest BCUT2D eigenvalue weighted by molar-refractivity contribution is 6.70. The molecular weight excluding hydrogens is 198 g/mol. The summed E-state index contributed by atoms with van der Waals surface area (Å²) in [6, 6.07) is 1.12. The molecule has 0 N–H and O–H groups in total. The molecule has 0 aromatic rings. The molecule has 1 atom stereocenters. The summed E-state index contributed by atoms with van der Waals surface area (Å²) in [5.74, 6) is -0.162. The molecule has 1 aliphatic rings. The fourth-order valence-electron chi connectivity index (χ4n) is 1.93. The molecule has 82 valence electrons. The zero-order valence-electron chi connectivity index (χ0n) is 9.21. The second-order valence-electron chi connectivity index (χ2n) is 3.71. The fraction of sp³-hybridized carbons (Fsp3) is 0.889. The van der Waals surface area contributed by atoms with Crippen LogP contribution in [0.15, 0.2) is 0 Å². The highest BCUT2D eigenvalue weighted by atomic mass is 28.4. The number of carbonyl (C=O) groups excluding carboxylic acids is 1. The summed E-state index contributed by atoms with van der Waals surface area (Å²) in [7, 11) is -0.334. The van der Waals surface area contributed by atoms with Crippen LogP contribution in [0.1, 0.15) is 13.3 Å². The summed E-state index contributed by atoms with van der Waals surface area (Å²) < 4.78 is 12.7. The summed E-state index contributed by atoms with van der Waals surface area (Å²) in [6.45, 7) is 6.27. The van der Waals surface area contributed by atoms with E-state index in [1.807, 2.05) is 6.92 Å². The summed E-state index contributed by atoms with van der Waals surface area (Å²) in [5, 5.41) is 0. The van der Waals surface area contributed by atoms with Crippen LogP contribution in [0.3, 0.4) is 0 Å². The third kappa shape index (κ3) is 2.56. The van der Waals surface area contributed by atoms with Gasteiger partial charge in [-0.05, 0) is 32.5 Å². The molecule has 0 aromatic carbocycles. The van der Waals surface area contributed by atoms with Gasteiger partial charge in [0.05, 0.1) is 13.7 Å². The third-order valence-electron chi connectivity index (χ3n) is 2.74. The van der Waals surface area contributed by atoms with Crippen molar-refractivity contribution in [3.63, 3.8) is 0 Å². The van der Waals surface area contributed by atoms with E-state index in [0.717, 1.165) is 25.6 Å². The number of rotatable bonds is 4. The van der Waals surface area contributed by atoms with E-state index < -0.39 is 8.48 Å². The van der Waals surface area contributed by atoms with Crippen LogP contribution in [-0.4, -0.2) is 45.8 Å². The van der Waals surface area contributed by atoms with Gasteiger partial charge < -0.3 is 9.16 Å². The standard InChI is InChI=1S/C9H19NO3Si/c1-4-13-14(3)7-5-6-10(14)8-9(11)12-2/h4-8H2,1-3H3. The summed E-state index contributed by atoms with van der Waals surface area (Å²) >= 11 is 0. The lowest BCUT2D eigenvalue weighted by Crippen LogP contribution is -2.51. The quantitative estimate of drug-likeness (QED) is 0.519. The smallest absolute Gasteiger partial charge is 0.319 e. The minimum Gasteiger partial charge on any atom is -0.468 e. The Labute approximate surface area is 86.4 Å². The Morgan fingerprint density at radius 3 is 2.86 bits per heavy atom. The maximum Gasteiger partial charge on any atom is 0.319 e. The van der Waals surface area contributed by atoms with Crippen molar-refractivity contribution in [1.82, 2.24) is 4.57 Å². The van der Waals surface area contributed by atoms with Gasteiger partial charge in [-0.2, -0.15) is 0 Å². The van der Waals surface area contributed by atoms with Crippen LogP contribution < -0.4 is 0 Å². The van der Waals surface area contributed by atoms with Gasteiger partial charge >= 0.3 is 5.97 Å². The van der Waals surface area contributed by atoms with Gasteiger partial charge in [0.25, 0.3) is 8.48 Å². The van der Waals surface area contributed by atoms with Crippen LogP contribution in [0.4, 0.5) is 0 Å². The maximum atomic E-state index is 11.2. The van der Waals surface area contributed by atoms with Crippen molar-refractivity contribution in [3.8, 4) is 0 Å². The van der Waals surface area contributed by atoms with Crippen LogP contribution >= 0.6 is 0 Å². The van der Waals surface area contributed by atoms with Gasteiger partial charge in [-0.1, -0.05) is 0 Å². The molecule has 0 radical (unpaired) electrons. The van der Waals surface area contributed by atoms with Gasteiger partial charge in [0.2, 0.25) is 0 Å². The number of ether oxygens (including phenoxy) is 1. The lowest BCUT2D eigenvalue weighted by atomic mass is 10.5. The lowest BCUT2D eigenvalue weighted by molar-refractivity contribution is -0.141. The highest BCUT2D eigenvalue weighted by Gasteiger charge is 2.41. The Bertz CT molecular complexity index is 212. The number of methoxy groups -OCH3 is 1. The zero-order valence-corrected chi connectivity index (χ0v) is 10.2. The van der Waals surface area contributed by atoms with Crippen LogP contribution in [0, 0.1) is 0 Å². The SMILES string of the molecule is CCO[Si]1(C)CCCN1CC(=O)OC. The Morgan fingerprint density at radius 1 is 1.57 bits per heavy atom. The Kier molecular flexibility index (Phi) is 4.09. The molecule has 5 heteroatoms. The number of hydrogen-bond donors (Lipinski definition) is 0. The minimum atomic E-state index is -1.76. The molecule has 1 rings (SSSR count). The molecule has 1 unspecified atom stereocenters. The molecule has 0 saturated carbocycles. The van der Waals surface area contributed by atoms with Crippen molar-refractivity contribution in [2.75, 3.05) is 26.8 Å². The predicted molar refractivity (Wildman–Crippen MR) is 56.3 cm³/mol. The number of carbonyl (C=O) groups is 1. The topological polar surface area (TPSA) is 38.8 Å². The monoisotopic (exact) mass is 217 g/mol. The van der Waals surface area contributed by atoms with Crippen LogP contribution in [0.2, 0.25) is 12.6 Å². The van der Waals surface area contributed by atoms with E-state index in [0.29, 0.717) is 6.54 Å². The first-order chi connectivity index (χ1) is 6.62. The molecule has 14 heavy (non-hydrogen) atoms. The van der Waals surface area contributed by atoms with Gasteiger partial charge in [-0.25, -0.2) is 0 Å². The van der Waals surface area contributed by atoms with Gasteiger partial charge in [-0.3, -0.25) is 9.36 Å². The van der Waals surface area contributed by atoms with Crippen LogP contribution in [0.25, 0.3) is 0 Å². The van der Waals surface area contributed by atoms with Crippen molar-refractivity contribution in [3.05, 3.63) is 0 Å². The summed E-state index contributed by atoms with van der Waals surface area (Å²) in [4.78, 5) is 11.2. The number of esters is 1. The predicted octanol–water partition coefficient (Wildman–Crippen LogP) is 0.974. The van der Waals surface area contributed by atoms with Crippen molar-refractivity contribution in [2.24, 2.45) is 0 Å². The molecule has 1 aliphatic heterocycles. The Balaban J connectivity index is 2.54. The molecule has 4 nitrogen and oxygen atoms in total. The van der Waals surface area contributed by atoms with E-state index >= 15 is 0 Å². The number of nitrogens with zero attached hydrogens (tertiary/aromatic N) is 1. The first kappa shape index (κ1) is 11.7. The first-order valence-electron chi connectivity index (χ1n) is 5.08. The van der Waals surface area contributed by atoms with E-state index in [1.54, 1.807) is 0 Å². The Hall–Kier alpha value is -0.393. The van der Waals surface area contributed by atoms with Gasteiger partial charge in [0.1, 0.15) is 0 Å². The van der Waals surface area contributed by atoms with E-state index in [1.165, 1.54) is 7.11 Å².